The van der Waals surface area contributed by atoms with Crippen LogP contribution in [0.15, 0.2) is 18.2 Å². The summed E-state index contributed by atoms with van der Waals surface area (Å²) in [6.07, 6.45) is 1.05. The highest BCUT2D eigenvalue weighted by molar-refractivity contribution is 5.31. The Balaban J connectivity index is 2.71. The summed E-state index contributed by atoms with van der Waals surface area (Å²) in [5.74, 6) is -0.0788. The summed E-state index contributed by atoms with van der Waals surface area (Å²) in [6, 6.07) is 5.07. The molecule has 0 aromatic heterocycles. The maximum absolute atomic E-state index is 13.8. The average molecular weight is 283 g/mol. The van der Waals surface area contributed by atoms with Crippen molar-refractivity contribution in [2.24, 2.45) is 5.73 Å². The van der Waals surface area contributed by atoms with Crippen LogP contribution in [0.25, 0.3) is 0 Å². The Bertz CT molecular complexity index is 412. The molecule has 1 aromatic carbocycles. The lowest BCUT2D eigenvalue weighted by Crippen LogP contribution is -2.32. The molecule has 0 aliphatic carbocycles. The molecule has 0 aliphatic rings. The lowest BCUT2D eigenvalue weighted by molar-refractivity contribution is 0.234. The zero-order valence-electron chi connectivity index (χ0n) is 12.9. The topological polar surface area (TPSA) is 41.7 Å². The predicted octanol–water partition coefficient (Wildman–Crippen LogP) is 1.72. The Labute approximate surface area is 121 Å². The number of ether oxygens (including phenoxy) is 1. The standard InChI is InChI=1S/C15H26FN3O/c1-18(2)8-5-9-19(3)14(11-17)12-6-7-15(20-4)13(16)10-12/h6-7,10,14H,5,8-9,11,17H2,1-4H3. The van der Waals surface area contributed by atoms with Crippen LogP contribution >= 0.6 is 0 Å². The van der Waals surface area contributed by atoms with E-state index in [9.17, 15) is 4.39 Å². The largest absolute Gasteiger partial charge is 0.494 e. The van der Waals surface area contributed by atoms with E-state index in [2.05, 4.69) is 23.9 Å². The summed E-state index contributed by atoms with van der Waals surface area (Å²) >= 11 is 0. The summed E-state index contributed by atoms with van der Waals surface area (Å²) in [5, 5.41) is 0. The van der Waals surface area contributed by atoms with Crippen LogP contribution in [0.1, 0.15) is 18.0 Å². The number of rotatable bonds is 8. The number of nitrogens with two attached hydrogens (primary N) is 1. The normalized spacial score (nSPS) is 13.0. The molecule has 1 atom stereocenters. The van der Waals surface area contributed by atoms with Gasteiger partial charge in [0, 0.05) is 12.6 Å². The van der Waals surface area contributed by atoms with Crippen molar-refractivity contribution in [2.75, 3.05) is 47.9 Å². The van der Waals surface area contributed by atoms with Gasteiger partial charge in [-0.05, 0) is 58.3 Å². The van der Waals surface area contributed by atoms with E-state index < -0.39 is 0 Å². The molecular formula is C15H26FN3O. The van der Waals surface area contributed by atoms with Crippen molar-refractivity contribution in [1.82, 2.24) is 9.80 Å². The van der Waals surface area contributed by atoms with Crippen LogP contribution < -0.4 is 10.5 Å². The van der Waals surface area contributed by atoms with Crippen molar-refractivity contribution in [3.8, 4) is 5.75 Å². The van der Waals surface area contributed by atoms with E-state index in [1.807, 2.05) is 13.1 Å². The SMILES string of the molecule is COc1ccc(C(CN)N(C)CCCN(C)C)cc1F. The van der Waals surface area contributed by atoms with Crippen LogP contribution in [0.4, 0.5) is 4.39 Å². The van der Waals surface area contributed by atoms with Gasteiger partial charge < -0.3 is 15.4 Å². The molecule has 2 N–H and O–H groups in total. The highest BCUT2D eigenvalue weighted by atomic mass is 19.1. The van der Waals surface area contributed by atoms with E-state index >= 15 is 0 Å². The van der Waals surface area contributed by atoms with E-state index in [4.69, 9.17) is 10.5 Å². The van der Waals surface area contributed by atoms with Crippen molar-refractivity contribution < 1.29 is 9.13 Å². The Morgan fingerprint density at radius 1 is 1.25 bits per heavy atom. The Morgan fingerprint density at radius 3 is 2.45 bits per heavy atom. The summed E-state index contributed by atoms with van der Waals surface area (Å²) < 4.78 is 18.7. The number of benzene rings is 1. The van der Waals surface area contributed by atoms with Crippen LogP contribution in [0.3, 0.4) is 0 Å². The second kappa shape index (κ2) is 8.19. The van der Waals surface area contributed by atoms with Crippen LogP contribution in [0.2, 0.25) is 0 Å². The van der Waals surface area contributed by atoms with Gasteiger partial charge in [-0.25, -0.2) is 4.39 Å². The van der Waals surface area contributed by atoms with Crippen molar-refractivity contribution >= 4 is 0 Å². The summed E-state index contributed by atoms with van der Waals surface area (Å²) in [7, 11) is 7.60. The van der Waals surface area contributed by atoms with Gasteiger partial charge in [0.25, 0.3) is 0 Å². The molecule has 0 heterocycles. The molecular weight excluding hydrogens is 257 g/mol. The van der Waals surface area contributed by atoms with Gasteiger partial charge in [-0.1, -0.05) is 6.07 Å². The molecule has 0 aliphatic heterocycles. The second-order valence-corrected chi connectivity index (χ2v) is 5.28. The molecule has 114 valence electrons. The molecule has 1 rings (SSSR count). The Hall–Kier alpha value is -1.17. The van der Waals surface area contributed by atoms with Crippen molar-refractivity contribution in [3.63, 3.8) is 0 Å². The fourth-order valence-corrected chi connectivity index (χ4v) is 2.25. The van der Waals surface area contributed by atoms with Gasteiger partial charge in [0.05, 0.1) is 7.11 Å². The van der Waals surface area contributed by atoms with Gasteiger partial charge in [-0.15, -0.1) is 0 Å². The molecule has 0 saturated carbocycles. The van der Waals surface area contributed by atoms with E-state index in [1.165, 1.54) is 13.2 Å². The minimum absolute atomic E-state index is 0.0255. The molecule has 0 spiro atoms. The van der Waals surface area contributed by atoms with Crippen LogP contribution in [0, 0.1) is 5.82 Å². The molecule has 0 fully saturated rings. The number of nitrogens with zero attached hydrogens (tertiary/aromatic N) is 2. The molecule has 20 heavy (non-hydrogen) atoms. The van der Waals surface area contributed by atoms with Crippen molar-refractivity contribution in [3.05, 3.63) is 29.6 Å². The minimum atomic E-state index is -0.342. The first-order valence-corrected chi connectivity index (χ1v) is 6.88. The first-order chi connectivity index (χ1) is 9.49. The molecule has 5 heteroatoms. The highest BCUT2D eigenvalue weighted by Gasteiger charge is 2.17. The van der Waals surface area contributed by atoms with E-state index in [0.29, 0.717) is 6.54 Å². The van der Waals surface area contributed by atoms with Crippen LogP contribution in [0.5, 0.6) is 5.75 Å². The molecule has 0 saturated heterocycles. The number of hydrogen-bond acceptors (Lipinski definition) is 4. The number of likely N-dealkylation sites (N-methyl/N-ethyl adjacent to an activating group) is 1. The fourth-order valence-electron chi connectivity index (χ4n) is 2.25. The lowest BCUT2D eigenvalue weighted by Gasteiger charge is -2.28. The summed E-state index contributed by atoms with van der Waals surface area (Å²) in [5.41, 5.74) is 6.74. The zero-order valence-corrected chi connectivity index (χ0v) is 12.9. The third kappa shape index (κ3) is 4.74. The maximum Gasteiger partial charge on any atom is 0.165 e. The average Bonchev–Trinajstić information content (AvgIpc) is 2.39. The molecule has 0 radical (unpaired) electrons. The molecule has 0 bridgehead atoms. The number of methoxy groups -OCH3 is 1. The van der Waals surface area contributed by atoms with Crippen molar-refractivity contribution in [2.45, 2.75) is 12.5 Å². The predicted molar refractivity (Wildman–Crippen MR) is 80.5 cm³/mol. The highest BCUT2D eigenvalue weighted by Crippen LogP contribution is 2.24. The smallest absolute Gasteiger partial charge is 0.165 e. The summed E-state index contributed by atoms with van der Waals surface area (Å²) in [6.45, 7) is 2.41. The Morgan fingerprint density at radius 2 is 1.95 bits per heavy atom. The molecule has 1 unspecified atom stereocenters. The maximum atomic E-state index is 13.8. The van der Waals surface area contributed by atoms with E-state index in [0.717, 1.165) is 25.1 Å². The summed E-state index contributed by atoms with van der Waals surface area (Å²) in [4.78, 5) is 4.32. The van der Waals surface area contributed by atoms with E-state index in [-0.39, 0.29) is 17.6 Å². The molecule has 1 aromatic rings. The lowest BCUT2D eigenvalue weighted by atomic mass is 10.0. The second-order valence-electron chi connectivity index (χ2n) is 5.28. The van der Waals surface area contributed by atoms with Gasteiger partial charge in [0.2, 0.25) is 0 Å². The van der Waals surface area contributed by atoms with Crippen molar-refractivity contribution in [1.29, 1.82) is 0 Å². The van der Waals surface area contributed by atoms with Crippen LogP contribution in [-0.4, -0.2) is 57.7 Å². The van der Waals surface area contributed by atoms with Gasteiger partial charge in [-0.2, -0.15) is 0 Å². The monoisotopic (exact) mass is 283 g/mol. The first-order valence-electron chi connectivity index (χ1n) is 6.88. The van der Waals surface area contributed by atoms with E-state index in [1.54, 1.807) is 6.07 Å². The number of hydrogen-bond donors (Lipinski definition) is 1. The van der Waals surface area contributed by atoms with Gasteiger partial charge in [0.1, 0.15) is 0 Å². The van der Waals surface area contributed by atoms with Gasteiger partial charge >= 0.3 is 0 Å². The van der Waals surface area contributed by atoms with Gasteiger partial charge in [-0.3, -0.25) is 4.90 Å². The first kappa shape index (κ1) is 16.9. The number of halogens is 1. The fraction of sp³-hybridized carbons (Fsp3) is 0.600. The van der Waals surface area contributed by atoms with Crippen LogP contribution in [-0.2, 0) is 0 Å². The Kier molecular flexibility index (Phi) is 6.91. The molecule has 0 amide bonds. The van der Waals surface area contributed by atoms with Gasteiger partial charge in [0.15, 0.2) is 11.6 Å². The quantitative estimate of drug-likeness (QED) is 0.789. The minimum Gasteiger partial charge on any atom is -0.494 e. The molecule has 4 nitrogen and oxygen atoms in total. The third-order valence-corrected chi connectivity index (χ3v) is 3.43. The zero-order chi connectivity index (χ0) is 15.1. The third-order valence-electron chi connectivity index (χ3n) is 3.43.